The lowest BCUT2D eigenvalue weighted by Gasteiger charge is -2.40. The number of fused-ring (bicyclic) bond motifs is 3. The van der Waals surface area contributed by atoms with Crippen molar-refractivity contribution < 1.29 is 14.6 Å². The molecule has 28 heavy (non-hydrogen) atoms. The van der Waals surface area contributed by atoms with E-state index in [1.165, 1.54) is 28.7 Å². The second-order valence-electron chi connectivity index (χ2n) is 8.27. The van der Waals surface area contributed by atoms with Crippen LogP contribution in [-0.4, -0.2) is 72.6 Å². The normalized spacial score (nSPS) is 22.0. The van der Waals surface area contributed by atoms with E-state index in [0.717, 1.165) is 62.2 Å². The Bertz CT molecular complexity index is 840. The fourth-order valence-corrected chi connectivity index (χ4v) is 5.55. The van der Waals surface area contributed by atoms with Gasteiger partial charge in [-0.1, -0.05) is 0 Å². The lowest BCUT2D eigenvalue weighted by molar-refractivity contribution is -0.128. The molecule has 4 heterocycles. The fourth-order valence-electron chi connectivity index (χ4n) is 4.27. The smallest absolute Gasteiger partial charge is 0.146 e. The summed E-state index contributed by atoms with van der Waals surface area (Å²) in [6, 6.07) is 0. The summed E-state index contributed by atoms with van der Waals surface area (Å²) < 4.78 is 10.8. The van der Waals surface area contributed by atoms with Gasteiger partial charge < -0.3 is 19.9 Å². The highest BCUT2D eigenvalue weighted by Crippen LogP contribution is 2.39. The maximum Gasteiger partial charge on any atom is 0.146 e. The standard InChI is InChI=1S/C20H28N4O3S/c25-11-20(12-27-13-20)10-21-18-17-14-3-1-2-4-15(14)28-19(17)23-16(22-18)9-24-5-7-26-8-6-24/h25H,1-13H2,(H,21,22,23). The second-order valence-corrected chi connectivity index (χ2v) is 9.36. The van der Waals surface area contributed by atoms with E-state index in [1.807, 2.05) is 11.3 Å². The fraction of sp³-hybridized carbons (Fsp3) is 0.700. The first-order valence-electron chi connectivity index (χ1n) is 10.3. The van der Waals surface area contributed by atoms with Gasteiger partial charge in [0.15, 0.2) is 0 Å². The lowest BCUT2D eigenvalue weighted by atomic mass is 9.87. The van der Waals surface area contributed by atoms with E-state index in [4.69, 9.17) is 19.4 Å². The van der Waals surface area contributed by atoms with Crippen LogP contribution in [-0.2, 0) is 28.9 Å². The zero-order chi connectivity index (χ0) is 19.0. The highest BCUT2D eigenvalue weighted by molar-refractivity contribution is 7.19. The molecule has 0 atom stereocenters. The number of hydrogen-bond donors (Lipinski definition) is 2. The van der Waals surface area contributed by atoms with Crippen LogP contribution in [0.15, 0.2) is 0 Å². The number of hydrogen-bond acceptors (Lipinski definition) is 8. The van der Waals surface area contributed by atoms with Gasteiger partial charge >= 0.3 is 0 Å². The summed E-state index contributed by atoms with van der Waals surface area (Å²) in [6.07, 6.45) is 4.78. The average Bonchev–Trinajstić information content (AvgIpc) is 3.06. The summed E-state index contributed by atoms with van der Waals surface area (Å²) in [5.74, 6) is 1.81. The molecule has 0 aromatic carbocycles. The minimum atomic E-state index is -0.183. The predicted molar refractivity (Wildman–Crippen MR) is 109 cm³/mol. The van der Waals surface area contributed by atoms with Crippen LogP contribution in [0, 0.1) is 5.41 Å². The summed E-state index contributed by atoms with van der Waals surface area (Å²) in [5.41, 5.74) is 1.26. The molecule has 0 amide bonds. The number of aromatic nitrogens is 2. The van der Waals surface area contributed by atoms with Gasteiger partial charge in [0.1, 0.15) is 16.5 Å². The first-order chi connectivity index (χ1) is 13.8. The van der Waals surface area contributed by atoms with E-state index in [1.54, 1.807) is 0 Å². The minimum absolute atomic E-state index is 0.136. The molecule has 0 unspecified atom stereocenters. The van der Waals surface area contributed by atoms with Crippen molar-refractivity contribution >= 4 is 27.4 Å². The number of aliphatic hydroxyl groups excluding tert-OH is 1. The van der Waals surface area contributed by atoms with Crippen LogP contribution < -0.4 is 5.32 Å². The Balaban J connectivity index is 1.47. The average molecular weight is 405 g/mol. The van der Waals surface area contributed by atoms with Crippen LogP contribution in [0.4, 0.5) is 5.82 Å². The minimum Gasteiger partial charge on any atom is -0.396 e. The lowest BCUT2D eigenvalue weighted by Crippen LogP contribution is -2.50. The zero-order valence-electron chi connectivity index (χ0n) is 16.2. The predicted octanol–water partition coefficient (Wildman–Crippen LogP) is 1.82. The Morgan fingerprint density at radius 1 is 1.11 bits per heavy atom. The zero-order valence-corrected chi connectivity index (χ0v) is 17.0. The van der Waals surface area contributed by atoms with Crippen LogP contribution in [0.2, 0.25) is 0 Å². The maximum absolute atomic E-state index is 9.78. The summed E-state index contributed by atoms with van der Waals surface area (Å²) >= 11 is 1.84. The van der Waals surface area contributed by atoms with E-state index < -0.39 is 0 Å². The molecule has 2 aliphatic heterocycles. The Kier molecular flexibility index (Phi) is 5.23. The Morgan fingerprint density at radius 2 is 1.93 bits per heavy atom. The first kappa shape index (κ1) is 18.7. The van der Waals surface area contributed by atoms with Crippen LogP contribution in [0.3, 0.4) is 0 Å². The molecule has 7 nitrogen and oxygen atoms in total. The molecular formula is C20H28N4O3S. The molecule has 3 aliphatic rings. The van der Waals surface area contributed by atoms with Crippen molar-refractivity contribution in [1.82, 2.24) is 14.9 Å². The van der Waals surface area contributed by atoms with Crippen molar-refractivity contribution in [3.63, 3.8) is 0 Å². The van der Waals surface area contributed by atoms with Gasteiger partial charge in [0.25, 0.3) is 0 Å². The Morgan fingerprint density at radius 3 is 2.68 bits per heavy atom. The summed E-state index contributed by atoms with van der Waals surface area (Å²) in [5, 5.41) is 14.6. The van der Waals surface area contributed by atoms with Gasteiger partial charge in [-0.05, 0) is 31.2 Å². The molecule has 5 rings (SSSR count). The summed E-state index contributed by atoms with van der Waals surface area (Å²) in [4.78, 5) is 14.8. The molecule has 2 aromatic rings. The quantitative estimate of drug-likeness (QED) is 0.760. The summed E-state index contributed by atoms with van der Waals surface area (Å²) in [6.45, 7) is 6.18. The Labute approximate surface area is 169 Å². The van der Waals surface area contributed by atoms with Gasteiger partial charge in [-0.2, -0.15) is 0 Å². The van der Waals surface area contributed by atoms with Crippen molar-refractivity contribution in [3.8, 4) is 0 Å². The number of thiophene rings is 1. The van der Waals surface area contributed by atoms with Crippen molar-refractivity contribution in [2.75, 3.05) is 58.0 Å². The highest BCUT2D eigenvalue weighted by Gasteiger charge is 2.38. The molecule has 152 valence electrons. The molecule has 0 bridgehead atoms. The van der Waals surface area contributed by atoms with Gasteiger partial charge in [-0.15, -0.1) is 11.3 Å². The number of rotatable bonds is 6. The molecular weight excluding hydrogens is 376 g/mol. The molecule has 8 heteroatoms. The maximum atomic E-state index is 9.78. The van der Waals surface area contributed by atoms with Gasteiger partial charge in [0, 0.05) is 24.5 Å². The van der Waals surface area contributed by atoms with E-state index in [9.17, 15) is 5.11 Å². The van der Waals surface area contributed by atoms with Gasteiger partial charge in [-0.3, -0.25) is 4.90 Å². The monoisotopic (exact) mass is 404 g/mol. The van der Waals surface area contributed by atoms with E-state index in [0.29, 0.717) is 19.8 Å². The second kappa shape index (κ2) is 7.84. The van der Waals surface area contributed by atoms with Crippen LogP contribution >= 0.6 is 11.3 Å². The van der Waals surface area contributed by atoms with Crippen molar-refractivity contribution in [3.05, 3.63) is 16.3 Å². The molecule has 2 fully saturated rings. The highest BCUT2D eigenvalue weighted by atomic mass is 32.1. The van der Waals surface area contributed by atoms with Crippen LogP contribution in [0.5, 0.6) is 0 Å². The summed E-state index contributed by atoms with van der Waals surface area (Å²) in [7, 11) is 0. The topological polar surface area (TPSA) is 79.7 Å². The van der Waals surface area contributed by atoms with Gasteiger partial charge in [-0.25, -0.2) is 9.97 Å². The number of morpholine rings is 1. The third kappa shape index (κ3) is 3.52. The number of aryl methyl sites for hydroxylation is 2. The third-order valence-corrected chi connectivity index (χ3v) is 7.30. The number of nitrogens with zero attached hydrogens (tertiary/aromatic N) is 3. The first-order valence-corrected chi connectivity index (χ1v) is 11.1. The van der Waals surface area contributed by atoms with Crippen molar-refractivity contribution in [2.45, 2.75) is 32.2 Å². The van der Waals surface area contributed by atoms with Crippen LogP contribution in [0.1, 0.15) is 29.1 Å². The van der Waals surface area contributed by atoms with Gasteiger partial charge in [0.2, 0.25) is 0 Å². The van der Waals surface area contributed by atoms with E-state index in [-0.39, 0.29) is 12.0 Å². The number of anilines is 1. The van der Waals surface area contributed by atoms with Gasteiger partial charge in [0.05, 0.1) is 50.4 Å². The van der Waals surface area contributed by atoms with Crippen LogP contribution in [0.25, 0.3) is 10.2 Å². The molecule has 0 spiro atoms. The van der Waals surface area contributed by atoms with E-state index in [2.05, 4.69) is 10.2 Å². The third-order valence-electron chi connectivity index (χ3n) is 6.11. The molecule has 2 N–H and O–H groups in total. The van der Waals surface area contributed by atoms with Crippen molar-refractivity contribution in [1.29, 1.82) is 0 Å². The molecule has 0 saturated carbocycles. The molecule has 2 aromatic heterocycles. The molecule has 2 saturated heterocycles. The Hall–Kier alpha value is -1.32. The largest absolute Gasteiger partial charge is 0.396 e. The van der Waals surface area contributed by atoms with E-state index >= 15 is 0 Å². The number of ether oxygens (including phenoxy) is 2. The molecule has 0 radical (unpaired) electrons. The molecule has 1 aliphatic carbocycles. The SMILES string of the molecule is OCC1(CNc2nc(CN3CCOCC3)nc3sc4c(c23)CCCC4)COC1. The number of aliphatic hydroxyl groups is 1. The van der Waals surface area contributed by atoms with Crippen molar-refractivity contribution in [2.24, 2.45) is 5.41 Å². The number of nitrogens with one attached hydrogen (secondary N) is 1.